The van der Waals surface area contributed by atoms with Gasteiger partial charge in [-0.25, -0.2) is 0 Å². The monoisotopic (exact) mass is 267 g/mol. The summed E-state index contributed by atoms with van der Waals surface area (Å²) in [6.45, 7) is 0.656. The van der Waals surface area contributed by atoms with Crippen LogP contribution in [0.25, 0.3) is 0 Å². The van der Waals surface area contributed by atoms with Crippen LogP contribution in [-0.2, 0) is 6.54 Å². The van der Waals surface area contributed by atoms with Gasteiger partial charge in [-0.3, -0.25) is 0 Å². The van der Waals surface area contributed by atoms with Gasteiger partial charge in [0.25, 0.3) is 0 Å². The van der Waals surface area contributed by atoms with Crippen molar-refractivity contribution < 1.29 is 4.74 Å². The van der Waals surface area contributed by atoms with Gasteiger partial charge < -0.3 is 15.4 Å². The number of methoxy groups -OCH3 is 1. The molecule has 0 amide bonds. The molecule has 0 aliphatic rings. The van der Waals surface area contributed by atoms with Crippen LogP contribution in [0.15, 0.2) is 42.5 Å². The van der Waals surface area contributed by atoms with E-state index in [0.29, 0.717) is 17.8 Å². The first kappa shape index (κ1) is 13.8. The predicted molar refractivity (Wildman–Crippen MR) is 80.7 cm³/mol. The SMILES string of the molecule is COc1ccccc1CN(C)c1cc(C#N)ccc1N. The molecule has 0 saturated carbocycles. The van der Waals surface area contributed by atoms with E-state index in [1.807, 2.05) is 36.2 Å². The van der Waals surface area contributed by atoms with E-state index in [4.69, 9.17) is 15.7 Å². The van der Waals surface area contributed by atoms with Crippen LogP contribution in [-0.4, -0.2) is 14.2 Å². The third kappa shape index (κ3) is 2.83. The molecule has 4 nitrogen and oxygen atoms in total. The maximum Gasteiger partial charge on any atom is 0.123 e. The van der Waals surface area contributed by atoms with Gasteiger partial charge in [-0.05, 0) is 24.3 Å². The minimum absolute atomic E-state index is 0.598. The summed E-state index contributed by atoms with van der Waals surface area (Å²) in [5.41, 5.74) is 9.15. The van der Waals surface area contributed by atoms with Crippen molar-refractivity contribution in [3.05, 3.63) is 53.6 Å². The quantitative estimate of drug-likeness (QED) is 0.865. The van der Waals surface area contributed by atoms with Crippen molar-refractivity contribution in [3.63, 3.8) is 0 Å². The molecule has 0 aliphatic carbocycles. The Hall–Kier alpha value is -2.67. The number of nitrogen functional groups attached to an aromatic ring is 1. The van der Waals surface area contributed by atoms with Gasteiger partial charge in [0.1, 0.15) is 5.75 Å². The molecule has 0 atom stereocenters. The van der Waals surface area contributed by atoms with E-state index in [1.165, 1.54) is 0 Å². The molecule has 0 aromatic heterocycles. The molecule has 102 valence electrons. The summed E-state index contributed by atoms with van der Waals surface area (Å²) in [4.78, 5) is 2.01. The van der Waals surface area contributed by atoms with Crippen molar-refractivity contribution in [2.75, 3.05) is 24.8 Å². The highest BCUT2D eigenvalue weighted by Crippen LogP contribution is 2.27. The second kappa shape index (κ2) is 5.98. The highest BCUT2D eigenvalue weighted by Gasteiger charge is 2.10. The Balaban J connectivity index is 2.28. The molecule has 4 heteroatoms. The summed E-state index contributed by atoms with van der Waals surface area (Å²) in [6.07, 6.45) is 0. The van der Waals surface area contributed by atoms with Crippen LogP contribution in [0.5, 0.6) is 5.75 Å². The summed E-state index contributed by atoms with van der Waals surface area (Å²) >= 11 is 0. The van der Waals surface area contributed by atoms with E-state index in [1.54, 1.807) is 25.3 Å². The Labute approximate surface area is 119 Å². The van der Waals surface area contributed by atoms with Crippen molar-refractivity contribution in [2.45, 2.75) is 6.54 Å². The van der Waals surface area contributed by atoms with Crippen molar-refractivity contribution in [1.82, 2.24) is 0 Å². The Kier molecular flexibility index (Phi) is 4.11. The molecule has 2 rings (SSSR count). The normalized spacial score (nSPS) is 9.85. The average molecular weight is 267 g/mol. The van der Waals surface area contributed by atoms with Crippen LogP contribution >= 0.6 is 0 Å². The van der Waals surface area contributed by atoms with E-state index < -0.39 is 0 Å². The number of hydrogen-bond acceptors (Lipinski definition) is 4. The molecule has 2 N–H and O–H groups in total. The van der Waals surface area contributed by atoms with Crippen LogP contribution < -0.4 is 15.4 Å². The average Bonchev–Trinajstić information content (AvgIpc) is 2.48. The number of benzene rings is 2. The van der Waals surface area contributed by atoms with E-state index in [0.717, 1.165) is 17.0 Å². The minimum Gasteiger partial charge on any atom is -0.496 e. The fourth-order valence-electron chi connectivity index (χ4n) is 2.12. The Morgan fingerprint density at radius 3 is 2.70 bits per heavy atom. The number of rotatable bonds is 4. The van der Waals surface area contributed by atoms with E-state index in [2.05, 4.69) is 6.07 Å². The largest absolute Gasteiger partial charge is 0.496 e. The van der Waals surface area contributed by atoms with Gasteiger partial charge in [-0.1, -0.05) is 18.2 Å². The fourth-order valence-corrected chi connectivity index (χ4v) is 2.12. The third-order valence-electron chi connectivity index (χ3n) is 3.17. The van der Waals surface area contributed by atoms with Crippen molar-refractivity contribution in [1.29, 1.82) is 5.26 Å². The standard InChI is InChI=1S/C16H17N3O/c1-19(11-13-5-3-4-6-16(13)20-2)15-9-12(10-17)7-8-14(15)18/h3-9H,11,18H2,1-2H3. The van der Waals surface area contributed by atoms with Gasteiger partial charge in [0, 0.05) is 19.2 Å². The summed E-state index contributed by atoms with van der Waals surface area (Å²) in [6, 6.07) is 15.3. The molecule has 0 radical (unpaired) electrons. The van der Waals surface area contributed by atoms with E-state index in [9.17, 15) is 0 Å². The molecule has 0 spiro atoms. The maximum absolute atomic E-state index is 8.98. The van der Waals surface area contributed by atoms with E-state index in [-0.39, 0.29) is 0 Å². The lowest BCUT2D eigenvalue weighted by atomic mass is 10.1. The number of nitrogens with two attached hydrogens (primary N) is 1. The summed E-state index contributed by atoms with van der Waals surface area (Å²) in [5, 5.41) is 8.98. The molecule has 2 aromatic carbocycles. The van der Waals surface area contributed by atoms with Crippen molar-refractivity contribution >= 4 is 11.4 Å². The van der Waals surface area contributed by atoms with Crippen LogP contribution in [0.2, 0.25) is 0 Å². The second-order valence-corrected chi connectivity index (χ2v) is 4.55. The zero-order valence-electron chi connectivity index (χ0n) is 11.6. The Morgan fingerprint density at radius 2 is 2.00 bits per heavy atom. The van der Waals surface area contributed by atoms with Crippen LogP contribution in [0, 0.1) is 11.3 Å². The summed E-state index contributed by atoms with van der Waals surface area (Å²) < 4.78 is 5.35. The molecule has 2 aromatic rings. The van der Waals surface area contributed by atoms with Gasteiger partial charge in [-0.15, -0.1) is 0 Å². The highest BCUT2D eigenvalue weighted by molar-refractivity contribution is 5.69. The number of nitriles is 1. The molecule has 0 saturated heterocycles. The topological polar surface area (TPSA) is 62.3 Å². The molecule has 20 heavy (non-hydrogen) atoms. The predicted octanol–water partition coefficient (Wildman–Crippen LogP) is 2.79. The van der Waals surface area contributed by atoms with Crippen LogP contribution in [0.1, 0.15) is 11.1 Å². The molecule has 0 heterocycles. The van der Waals surface area contributed by atoms with Gasteiger partial charge in [0.15, 0.2) is 0 Å². The van der Waals surface area contributed by atoms with Crippen molar-refractivity contribution in [2.24, 2.45) is 0 Å². The van der Waals surface area contributed by atoms with Gasteiger partial charge in [0.05, 0.1) is 30.1 Å². The molecule has 0 fully saturated rings. The first-order valence-electron chi connectivity index (χ1n) is 6.28. The first-order valence-corrected chi connectivity index (χ1v) is 6.28. The molecule has 0 aliphatic heterocycles. The lowest BCUT2D eigenvalue weighted by molar-refractivity contribution is 0.409. The zero-order valence-corrected chi connectivity index (χ0v) is 11.6. The molecular formula is C16H17N3O. The smallest absolute Gasteiger partial charge is 0.123 e. The number of hydrogen-bond donors (Lipinski definition) is 1. The van der Waals surface area contributed by atoms with Gasteiger partial charge >= 0.3 is 0 Å². The number of ether oxygens (including phenoxy) is 1. The molecule has 0 bridgehead atoms. The Morgan fingerprint density at radius 1 is 1.25 bits per heavy atom. The second-order valence-electron chi connectivity index (χ2n) is 4.55. The highest BCUT2D eigenvalue weighted by atomic mass is 16.5. The first-order chi connectivity index (χ1) is 9.65. The number of anilines is 2. The number of nitrogens with zero attached hydrogens (tertiary/aromatic N) is 2. The molecule has 0 unspecified atom stereocenters. The van der Waals surface area contributed by atoms with Crippen molar-refractivity contribution in [3.8, 4) is 11.8 Å². The van der Waals surface area contributed by atoms with Crippen LogP contribution in [0.4, 0.5) is 11.4 Å². The van der Waals surface area contributed by atoms with E-state index >= 15 is 0 Å². The zero-order chi connectivity index (χ0) is 14.5. The minimum atomic E-state index is 0.598. The van der Waals surface area contributed by atoms with Crippen LogP contribution in [0.3, 0.4) is 0 Å². The summed E-state index contributed by atoms with van der Waals surface area (Å²) in [7, 11) is 3.60. The third-order valence-corrected chi connectivity index (χ3v) is 3.17. The van der Waals surface area contributed by atoms with Gasteiger partial charge in [-0.2, -0.15) is 5.26 Å². The van der Waals surface area contributed by atoms with Gasteiger partial charge in [0.2, 0.25) is 0 Å². The Bertz CT molecular complexity index is 646. The lowest BCUT2D eigenvalue weighted by Gasteiger charge is -2.22. The summed E-state index contributed by atoms with van der Waals surface area (Å²) in [5.74, 6) is 0.842. The maximum atomic E-state index is 8.98. The fraction of sp³-hybridized carbons (Fsp3) is 0.188. The lowest BCUT2D eigenvalue weighted by Crippen LogP contribution is -2.18. The molecular weight excluding hydrogens is 250 g/mol. The number of para-hydroxylation sites is 1.